The smallest absolute Gasteiger partial charge is 0.334 e. The largest absolute Gasteiger partial charge is 0.463 e. The first-order valence-corrected chi connectivity index (χ1v) is 5.38. The molecule has 0 radical (unpaired) electrons. The molecule has 0 aromatic heterocycles. The fourth-order valence-electron chi connectivity index (χ4n) is 1.88. The van der Waals surface area contributed by atoms with Crippen LogP contribution in [0.5, 0.6) is 0 Å². The van der Waals surface area contributed by atoms with Crippen LogP contribution in [0.2, 0.25) is 0 Å². The molecule has 1 aromatic carbocycles. The van der Waals surface area contributed by atoms with Crippen molar-refractivity contribution in [3.05, 3.63) is 34.4 Å². The summed E-state index contributed by atoms with van der Waals surface area (Å²) in [6.45, 7) is 4.18. The lowest BCUT2D eigenvalue weighted by atomic mass is 10.0. The third-order valence-electron chi connectivity index (χ3n) is 2.78. The first-order chi connectivity index (χ1) is 7.61. The third kappa shape index (κ3) is 1.81. The van der Waals surface area contributed by atoms with Gasteiger partial charge < -0.3 is 10.5 Å². The van der Waals surface area contributed by atoms with Gasteiger partial charge >= 0.3 is 5.97 Å². The van der Waals surface area contributed by atoms with Crippen molar-refractivity contribution in [1.82, 2.24) is 0 Å². The Labute approximate surface area is 94.9 Å². The van der Waals surface area contributed by atoms with E-state index in [1.807, 2.05) is 32.1 Å². The third-order valence-corrected chi connectivity index (χ3v) is 2.78. The topological polar surface area (TPSA) is 52.3 Å². The predicted octanol–water partition coefficient (Wildman–Crippen LogP) is 2.08. The SMILES string of the molecule is CCOC(=O)C1=Cc2cc(C)c(N)cc2C1. The molecule has 0 heterocycles. The number of rotatable bonds is 2. The monoisotopic (exact) mass is 217 g/mol. The van der Waals surface area contributed by atoms with Gasteiger partial charge in [0.1, 0.15) is 0 Å². The van der Waals surface area contributed by atoms with Gasteiger partial charge in [-0.2, -0.15) is 0 Å². The van der Waals surface area contributed by atoms with Crippen LogP contribution >= 0.6 is 0 Å². The average Bonchev–Trinajstić information content (AvgIpc) is 2.62. The maximum Gasteiger partial charge on any atom is 0.334 e. The summed E-state index contributed by atoms with van der Waals surface area (Å²) in [7, 11) is 0. The van der Waals surface area contributed by atoms with Crippen LogP contribution in [0.4, 0.5) is 5.69 Å². The van der Waals surface area contributed by atoms with Gasteiger partial charge in [0.2, 0.25) is 0 Å². The molecule has 0 atom stereocenters. The molecule has 3 heteroatoms. The summed E-state index contributed by atoms with van der Waals surface area (Å²) < 4.78 is 4.98. The number of hydrogen-bond acceptors (Lipinski definition) is 3. The molecule has 0 fully saturated rings. The first-order valence-electron chi connectivity index (χ1n) is 5.38. The number of aryl methyl sites for hydroxylation is 1. The Morgan fingerprint density at radius 1 is 1.50 bits per heavy atom. The van der Waals surface area contributed by atoms with Gasteiger partial charge in [0.15, 0.2) is 0 Å². The molecule has 16 heavy (non-hydrogen) atoms. The van der Waals surface area contributed by atoms with Crippen molar-refractivity contribution >= 4 is 17.7 Å². The minimum absolute atomic E-state index is 0.227. The second kappa shape index (κ2) is 4.00. The molecule has 0 saturated carbocycles. The highest BCUT2D eigenvalue weighted by Crippen LogP contribution is 2.29. The number of nitrogens with two attached hydrogens (primary N) is 1. The van der Waals surface area contributed by atoms with Crippen molar-refractivity contribution in [3.63, 3.8) is 0 Å². The lowest BCUT2D eigenvalue weighted by Gasteiger charge is -2.04. The average molecular weight is 217 g/mol. The molecular formula is C13H15NO2. The van der Waals surface area contributed by atoms with E-state index in [-0.39, 0.29) is 5.97 Å². The van der Waals surface area contributed by atoms with E-state index in [0.29, 0.717) is 18.6 Å². The van der Waals surface area contributed by atoms with Gasteiger partial charge in [0.05, 0.1) is 6.61 Å². The minimum Gasteiger partial charge on any atom is -0.463 e. The second-order valence-corrected chi connectivity index (χ2v) is 3.97. The van der Waals surface area contributed by atoms with Crippen LogP contribution in [0.15, 0.2) is 17.7 Å². The molecule has 1 aromatic rings. The van der Waals surface area contributed by atoms with E-state index < -0.39 is 0 Å². The number of ether oxygens (including phenoxy) is 1. The summed E-state index contributed by atoms with van der Waals surface area (Å²) in [4.78, 5) is 11.6. The fraction of sp³-hybridized carbons (Fsp3) is 0.308. The van der Waals surface area contributed by atoms with Crippen molar-refractivity contribution < 1.29 is 9.53 Å². The molecule has 84 valence electrons. The summed E-state index contributed by atoms with van der Waals surface area (Å²) in [6.07, 6.45) is 2.51. The number of carbonyl (C=O) groups is 1. The highest BCUT2D eigenvalue weighted by Gasteiger charge is 2.20. The molecule has 0 bridgehead atoms. The standard InChI is InChI=1S/C13H15NO2/c1-3-16-13(15)11-5-9-4-8(2)12(14)7-10(9)6-11/h4-5,7H,3,6,14H2,1-2H3. The number of anilines is 1. The van der Waals surface area contributed by atoms with Crippen molar-refractivity contribution in [2.45, 2.75) is 20.3 Å². The second-order valence-electron chi connectivity index (χ2n) is 3.97. The summed E-state index contributed by atoms with van der Waals surface area (Å²) in [5.41, 5.74) is 10.5. The Morgan fingerprint density at radius 2 is 2.25 bits per heavy atom. The van der Waals surface area contributed by atoms with Gasteiger partial charge in [-0.3, -0.25) is 0 Å². The molecule has 1 aliphatic carbocycles. The molecule has 0 spiro atoms. The van der Waals surface area contributed by atoms with Gasteiger partial charge in [-0.15, -0.1) is 0 Å². The number of carbonyl (C=O) groups excluding carboxylic acids is 1. The predicted molar refractivity (Wildman–Crippen MR) is 63.9 cm³/mol. The molecule has 0 unspecified atom stereocenters. The zero-order valence-electron chi connectivity index (χ0n) is 9.54. The Hall–Kier alpha value is -1.77. The normalized spacial score (nSPS) is 13.2. The Bertz CT molecular complexity index is 475. The summed E-state index contributed by atoms with van der Waals surface area (Å²) in [6, 6.07) is 3.95. The Balaban J connectivity index is 2.28. The molecule has 0 saturated heterocycles. The van der Waals surface area contributed by atoms with Gasteiger partial charge in [0.25, 0.3) is 0 Å². The fourth-order valence-corrected chi connectivity index (χ4v) is 1.88. The van der Waals surface area contributed by atoms with E-state index in [1.165, 1.54) is 0 Å². The Morgan fingerprint density at radius 3 is 2.94 bits per heavy atom. The maximum atomic E-state index is 11.6. The number of fused-ring (bicyclic) bond motifs is 1. The zero-order valence-corrected chi connectivity index (χ0v) is 9.54. The number of benzene rings is 1. The minimum atomic E-state index is -0.227. The molecule has 2 rings (SSSR count). The highest BCUT2D eigenvalue weighted by atomic mass is 16.5. The van der Waals surface area contributed by atoms with E-state index >= 15 is 0 Å². The number of esters is 1. The van der Waals surface area contributed by atoms with Crippen molar-refractivity contribution in [3.8, 4) is 0 Å². The number of nitrogen functional groups attached to an aromatic ring is 1. The maximum absolute atomic E-state index is 11.6. The molecular weight excluding hydrogens is 202 g/mol. The summed E-state index contributed by atoms with van der Waals surface area (Å²) >= 11 is 0. The lowest BCUT2D eigenvalue weighted by Crippen LogP contribution is -2.07. The van der Waals surface area contributed by atoms with E-state index in [0.717, 1.165) is 22.4 Å². The van der Waals surface area contributed by atoms with Gasteiger partial charge in [-0.1, -0.05) is 0 Å². The first kappa shape index (κ1) is 10.7. The summed E-state index contributed by atoms with van der Waals surface area (Å²) in [5, 5.41) is 0. The van der Waals surface area contributed by atoms with Crippen molar-refractivity contribution in [2.75, 3.05) is 12.3 Å². The molecule has 0 aliphatic heterocycles. The Kier molecular flexibility index (Phi) is 2.69. The van der Waals surface area contributed by atoms with E-state index in [4.69, 9.17) is 10.5 Å². The molecule has 0 amide bonds. The van der Waals surface area contributed by atoms with Crippen LogP contribution in [0.3, 0.4) is 0 Å². The van der Waals surface area contributed by atoms with Crippen molar-refractivity contribution in [2.24, 2.45) is 0 Å². The van der Waals surface area contributed by atoms with E-state index in [2.05, 4.69) is 0 Å². The quantitative estimate of drug-likeness (QED) is 0.609. The van der Waals surface area contributed by atoms with Crippen LogP contribution in [0.1, 0.15) is 23.6 Å². The van der Waals surface area contributed by atoms with Crippen LogP contribution in [0.25, 0.3) is 6.08 Å². The van der Waals surface area contributed by atoms with Crippen molar-refractivity contribution in [1.29, 1.82) is 0 Å². The van der Waals surface area contributed by atoms with Gasteiger partial charge in [-0.05, 0) is 48.7 Å². The van der Waals surface area contributed by atoms with Crippen LogP contribution in [0, 0.1) is 6.92 Å². The van der Waals surface area contributed by atoms with Crippen LogP contribution < -0.4 is 5.73 Å². The van der Waals surface area contributed by atoms with Crippen LogP contribution in [-0.2, 0) is 16.0 Å². The molecule has 1 aliphatic rings. The van der Waals surface area contributed by atoms with E-state index in [9.17, 15) is 4.79 Å². The lowest BCUT2D eigenvalue weighted by molar-refractivity contribution is -0.138. The van der Waals surface area contributed by atoms with E-state index in [1.54, 1.807) is 0 Å². The summed E-state index contributed by atoms with van der Waals surface area (Å²) in [5.74, 6) is -0.227. The number of hydrogen-bond donors (Lipinski definition) is 1. The molecule has 2 N–H and O–H groups in total. The van der Waals surface area contributed by atoms with Gasteiger partial charge in [0, 0.05) is 17.7 Å². The highest BCUT2D eigenvalue weighted by molar-refractivity contribution is 5.96. The molecule has 3 nitrogen and oxygen atoms in total. The van der Waals surface area contributed by atoms with Gasteiger partial charge in [-0.25, -0.2) is 4.79 Å². The zero-order chi connectivity index (χ0) is 11.7. The van der Waals surface area contributed by atoms with Crippen LogP contribution in [-0.4, -0.2) is 12.6 Å².